The van der Waals surface area contributed by atoms with Gasteiger partial charge in [-0.25, -0.2) is 4.99 Å². The van der Waals surface area contributed by atoms with Gasteiger partial charge in [-0.15, -0.1) is 0 Å². The van der Waals surface area contributed by atoms with E-state index in [-0.39, 0.29) is 6.04 Å². The molecule has 0 spiro atoms. The summed E-state index contributed by atoms with van der Waals surface area (Å²) in [6, 6.07) is 56.1. The van der Waals surface area contributed by atoms with Crippen LogP contribution in [0.25, 0.3) is 27.6 Å². The van der Waals surface area contributed by atoms with Crippen molar-refractivity contribution in [3.05, 3.63) is 192 Å². The molecule has 0 saturated heterocycles. The van der Waals surface area contributed by atoms with E-state index < -0.39 is 0 Å². The number of rotatable bonds is 4. The summed E-state index contributed by atoms with van der Waals surface area (Å²) in [5, 5.41) is 2.25. The van der Waals surface area contributed by atoms with Gasteiger partial charge in [0.15, 0.2) is 11.5 Å². The lowest BCUT2D eigenvalue weighted by Gasteiger charge is -2.36. The summed E-state index contributed by atoms with van der Waals surface area (Å²) in [6.07, 6.45) is 3.13. The van der Waals surface area contributed by atoms with Crippen molar-refractivity contribution in [2.45, 2.75) is 12.5 Å². The second-order valence-corrected chi connectivity index (χ2v) is 13.2. The van der Waals surface area contributed by atoms with Gasteiger partial charge in [0.1, 0.15) is 5.84 Å². The van der Waals surface area contributed by atoms with Crippen LogP contribution in [0.4, 0.5) is 17.1 Å². The maximum absolute atomic E-state index is 6.88. The molecule has 0 aromatic heterocycles. The Balaban J connectivity index is 1.16. The predicted molar refractivity (Wildman–Crippen MR) is 205 cm³/mol. The van der Waals surface area contributed by atoms with E-state index in [1.54, 1.807) is 0 Å². The number of fused-ring (bicyclic) bond motifs is 8. The van der Waals surface area contributed by atoms with Crippen molar-refractivity contribution in [2.24, 2.45) is 4.99 Å². The molecule has 4 heteroatoms. The molecule has 238 valence electrons. The highest BCUT2D eigenvalue weighted by molar-refractivity contribution is 6.06. The Morgan fingerprint density at radius 1 is 0.660 bits per heavy atom. The summed E-state index contributed by atoms with van der Waals surface area (Å²) in [5.41, 5.74) is 12.8. The number of likely N-dealkylation sites (N-methyl/N-ethyl adjacent to an activating group) is 1. The second kappa shape index (κ2) is 11.4. The van der Waals surface area contributed by atoms with E-state index in [1.807, 2.05) is 0 Å². The van der Waals surface area contributed by atoms with Crippen LogP contribution in [0.2, 0.25) is 0 Å². The number of amidine groups is 1. The summed E-state index contributed by atoms with van der Waals surface area (Å²) in [4.78, 5) is 10.1. The quantitative estimate of drug-likeness (QED) is 0.191. The minimum Gasteiger partial charge on any atom is -0.452 e. The standard InChI is InChI=1S/C46H33N3O/c1-48-42(32-16-6-3-7-17-32)29-40(31-14-4-2-5-15-31)47-46(48)34-19-12-20-35(27-34)49-41-25-23-30-13-8-11-22-37(30)45(41)50-43-26-24-38-36-21-10-9-18-33(36)28-39(38)44(43)49/h2-27,29,42H,28H2,1H3. The minimum absolute atomic E-state index is 0.0283. The maximum atomic E-state index is 6.88. The zero-order valence-electron chi connectivity index (χ0n) is 27.6. The molecule has 50 heavy (non-hydrogen) atoms. The molecule has 7 aromatic rings. The van der Waals surface area contributed by atoms with Gasteiger partial charge in [-0.2, -0.15) is 0 Å². The molecule has 1 unspecified atom stereocenters. The molecule has 7 aromatic carbocycles. The molecule has 4 nitrogen and oxygen atoms in total. The first kappa shape index (κ1) is 28.6. The third-order valence-electron chi connectivity index (χ3n) is 10.3. The van der Waals surface area contributed by atoms with Gasteiger partial charge < -0.3 is 14.5 Å². The SMILES string of the molecule is CN1C(c2cccc(N3c4ccc5ccccc5c4Oc4ccc5c(c43)Cc3ccccc3-5)c2)=NC(c2ccccc2)=CC1c1ccccc1. The van der Waals surface area contributed by atoms with Crippen LogP contribution in [0.3, 0.4) is 0 Å². The van der Waals surface area contributed by atoms with E-state index in [2.05, 4.69) is 181 Å². The number of hydrogen-bond acceptors (Lipinski definition) is 4. The fraction of sp³-hybridized carbons (Fsp3) is 0.0652. The maximum Gasteiger partial charge on any atom is 0.159 e. The summed E-state index contributed by atoms with van der Waals surface area (Å²) < 4.78 is 6.88. The van der Waals surface area contributed by atoms with E-state index in [0.29, 0.717) is 0 Å². The lowest BCUT2D eigenvalue weighted by molar-refractivity contribution is 0.435. The number of nitrogens with zero attached hydrogens (tertiary/aromatic N) is 3. The number of aliphatic imine (C=N–C) groups is 1. The van der Waals surface area contributed by atoms with Crippen LogP contribution in [0.5, 0.6) is 11.5 Å². The first-order valence-corrected chi connectivity index (χ1v) is 17.2. The first-order chi connectivity index (χ1) is 24.7. The predicted octanol–water partition coefficient (Wildman–Crippen LogP) is 11.5. The Kier molecular flexibility index (Phi) is 6.50. The monoisotopic (exact) mass is 643 g/mol. The van der Waals surface area contributed by atoms with E-state index in [4.69, 9.17) is 9.73 Å². The molecule has 3 aliphatic rings. The summed E-state index contributed by atoms with van der Waals surface area (Å²) in [7, 11) is 2.15. The lowest BCUT2D eigenvalue weighted by Crippen LogP contribution is -2.33. The van der Waals surface area contributed by atoms with Crippen LogP contribution in [0.15, 0.2) is 169 Å². The number of hydrogen-bond donors (Lipinski definition) is 0. The van der Waals surface area contributed by atoms with Gasteiger partial charge in [-0.1, -0.05) is 133 Å². The fourth-order valence-corrected chi connectivity index (χ4v) is 7.93. The molecule has 0 amide bonds. The van der Waals surface area contributed by atoms with Crippen LogP contribution in [-0.4, -0.2) is 17.8 Å². The third kappa shape index (κ3) is 4.49. The molecule has 0 N–H and O–H groups in total. The van der Waals surface area contributed by atoms with Crippen molar-refractivity contribution in [3.8, 4) is 22.6 Å². The second-order valence-electron chi connectivity index (χ2n) is 13.2. The lowest BCUT2D eigenvalue weighted by atomic mass is 9.98. The highest BCUT2D eigenvalue weighted by Crippen LogP contribution is 2.57. The van der Waals surface area contributed by atoms with Gasteiger partial charge in [0, 0.05) is 30.1 Å². The van der Waals surface area contributed by atoms with Gasteiger partial charge >= 0.3 is 0 Å². The molecular formula is C46H33N3O. The molecule has 0 radical (unpaired) electrons. The van der Waals surface area contributed by atoms with Gasteiger partial charge in [0.25, 0.3) is 0 Å². The molecule has 2 heterocycles. The van der Waals surface area contributed by atoms with Crippen molar-refractivity contribution in [1.29, 1.82) is 0 Å². The van der Waals surface area contributed by atoms with Crippen LogP contribution in [-0.2, 0) is 6.42 Å². The van der Waals surface area contributed by atoms with Gasteiger partial charge in [-0.05, 0) is 69.1 Å². The zero-order valence-corrected chi connectivity index (χ0v) is 27.6. The van der Waals surface area contributed by atoms with E-state index >= 15 is 0 Å². The minimum atomic E-state index is 0.0283. The molecular weight excluding hydrogens is 611 g/mol. The summed E-state index contributed by atoms with van der Waals surface area (Å²) >= 11 is 0. The number of benzene rings is 7. The van der Waals surface area contributed by atoms with Crippen molar-refractivity contribution >= 4 is 39.4 Å². The fourth-order valence-electron chi connectivity index (χ4n) is 7.93. The smallest absolute Gasteiger partial charge is 0.159 e. The Bertz CT molecular complexity index is 2520. The highest BCUT2D eigenvalue weighted by atomic mass is 16.5. The summed E-state index contributed by atoms with van der Waals surface area (Å²) in [6.45, 7) is 0. The summed E-state index contributed by atoms with van der Waals surface area (Å²) in [5.74, 6) is 2.68. The first-order valence-electron chi connectivity index (χ1n) is 17.2. The molecule has 0 fully saturated rings. The van der Waals surface area contributed by atoms with E-state index in [9.17, 15) is 0 Å². The molecule has 1 aliphatic carbocycles. The van der Waals surface area contributed by atoms with Crippen molar-refractivity contribution < 1.29 is 4.74 Å². The van der Waals surface area contributed by atoms with Crippen molar-refractivity contribution in [2.75, 3.05) is 11.9 Å². The Morgan fingerprint density at radius 3 is 2.30 bits per heavy atom. The molecule has 0 saturated carbocycles. The largest absolute Gasteiger partial charge is 0.452 e. The van der Waals surface area contributed by atoms with E-state index in [1.165, 1.54) is 27.8 Å². The van der Waals surface area contributed by atoms with Crippen LogP contribution in [0, 0.1) is 0 Å². The third-order valence-corrected chi connectivity index (χ3v) is 10.3. The highest BCUT2D eigenvalue weighted by Gasteiger charge is 2.34. The average Bonchev–Trinajstić information content (AvgIpc) is 3.57. The number of anilines is 3. The Morgan fingerprint density at radius 2 is 1.42 bits per heavy atom. The molecule has 0 bridgehead atoms. The topological polar surface area (TPSA) is 28.1 Å². The normalized spacial score (nSPS) is 15.7. The molecule has 2 aliphatic heterocycles. The van der Waals surface area contributed by atoms with Gasteiger partial charge in [0.05, 0.1) is 23.1 Å². The van der Waals surface area contributed by atoms with Gasteiger partial charge in [0.2, 0.25) is 0 Å². The van der Waals surface area contributed by atoms with E-state index in [0.717, 1.165) is 68.4 Å². The van der Waals surface area contributed by atoms with Crippen LogP contribution in [0.1, 0.15) is 33.9 Å². The van der Waals surface area contributed by atoms with Crippen LogP contribution >= 0.6 is 0 Å². The van der Waals surface area contributed by atoms with Crippen LogP contribution < -0.4 is 9.64 Å². The zero-order chi connectivity index (χ0) is 33.2. The van der Waals surface area contributed by atoms with Crippen molar-refractivity contribution in [1.82, 2.24) is 4.90 Å². The molecule has 1 atom stereocenters. The van der Waals surface area contributed by atoms with Crippen molar-refractivity contribution in [3.63, 3.8) is 0 Å². The number of ether oxygens (including phenoxy) is 1. The Hall–Kier alpha value is -6.39. The van der Waals surface area contributed by atoms with Gasteiger partial charge in [-0.3, -0.25) is 0 Å². The average molecular weight is 644 g/mol. The Labute approximate surface area is 291 Å². The molecule has 10 rings (SSSR count).